The number of para-hydroxylation sites is 1. The molecule has 0 unspecified atom stereocenters. The number of hydrogen-bond donors (Lipinski definition) is 1. The molecule has 0 aliphatic carbocycles. The predicted molar refractivity (Wildman–Crippen MR) is 137 cm³/mol. The van der Waals surface area contributed by atoms with Crippen molar-refractivity contribution >= 4 is 28.1 Å². The fourth-order valence-electron chi connectivity index (χ4n) is 3.41. The Morgan fingerprint density at radius 3 is 2.53 bits per heavy atom. The Kier molecular flexibility index (Phi) is 7.44. The first-order valence-electron chi connectivity index (χ1n) is 10.7. The molecule has 4 rings (SSSR count). The summed E-state index contributed by atoms with van der Waals surface area (Å²) < 4.78 is 14.1. The molecule has 7 heteroatoms. The maximum Gasteiger partial charge on any atom is 0.273 e. The van der Waals surface area contributed by atoms with Gasteiger partial charge in [0, 0.05) is 12.4 Å². The normalized spacial score (nSPS) is 10.9. The average Bonchev–Trinajstić information content (AvgIpc) is 3.39. The zero-order chi connectivity index (χ0) is 23.9. The lowest BCUT2D eigenvalue weighted by atomic mass is 10.1. The van der Waals surface area contributed by atoms with Crippen LogP contribution in [0.4, 0.5) is 0 Å². The van der Waals surface area contributed by atoms with E-state index in [-0.39, 0.29) is 5.91 Å². The number of ether oxygens (including phenoxy) is 2. The number of carbonyl (C=O) groups is 1. The van der Waals surface area contributed by atoms with Crippen LogP contribution in [0.1, 0.15) is 27.0 Å². The quantitative estimate of drug-likeness (QED) is 0.233. The molecule has 1 amide bonds. The second kappa shape index (κ2) is 10.9. The standard InChI is InChI=1S/C27H24BrN3O3/c1-19-9-11-20(12-10-19)18-34-26-23(28)15-21(16-25(26)33-2)17-29-30-27(32)22-7-3-4-8-24(22)31-13-5-6-14-31/h3-17H,18H2,1-2H3,(H,30,32). The summed E-state index contributed by atoms with van der Waals surface area (Å²) in [6, 6.07) is 23.0. The van der Waals surface area contributed by atoms with Gasteiger partial charge in [0.25, 0.3) is 5.91 Å². The summed E-state index contributed by atoms with van der Waals surface area (Å²) in [5, 5.41) is 4.14. The van der Waals surface area contributed by atoms with E-state index in [2.05, 4.69) is 38.6 Å². The van der Waals surface area contributed by atoms with E-state index in [4.69, 9.17) is 9.47 Å². The number of carbonyl (C=O) groups excluding carboxylic acids is 1. The monoisotopic (exact) mass is 517 g/mol. The number of hydrogen-bond acceptors (Lipinski definition) is 4. The van der Waals surface area contributed by atoms with Gasteiger partial charge in [-0.25, -0.2) is 5.43 Å². The lowest BCUT2D eigenvalue weighted by Crippen LogP contribution is -2.19. The molecular formula is C27H24BrN3O3. The van der Waals surface area contributed by atoms with Crippen LogP contribution < -0.4 is 14.9 Å². The van der Waals surface area contributed by atoms with Gasteiger partial charge in [0.2, 0.25) is 0 Å². The van der Waals surface area contributed by atoms with Crippen LogP contribution in [0.5, 0.6) is 11.5 Å². The molecule has 0 radical (unpaired) electrons. The minimum atomic E-state index is -0.301. The molecule has 0 atom stereocenters. The van der Waals surface area contributed by atoms with Crippen LogP contribution >= 0.6 is 15.9 Å². The number of nitrogens with zero attached hydrogens (tertiary/aromatic N) is 2. The highest BCUT2D eigenvalue weighted by atomic mass is 79.9. The van der Waals surface area contributed by atoms with E-state index in [1.54, 1.807) is 25.5 Å². The molecule has 0 aliphatic heterocycles. The van der Waals surface area contributed by atoms with E-state index in [0.717, 1.165) is 21.3 Å². The summed E-state index contributed by atoms with van der Waals surface area (Å²) in [5.74, 6) is 0.863. The Balaban J connectivity index is 1.46. The van der Waals surface area contributed by atoms with E-state index < -0.39 is 0 Å². The van der Waals surface area contributed by atoms with Crippen molar-refractivity contribution in [2.75, 3.05) is 7.11 Å². The highest BCUT2D eigenvalue weighted by Gasteiger charge is 2.13. The van der Waals surface area contributed by atoms with Crippen LogP contribution in [0.15, 0.2) is 94.8 Å². The minimum absolute atomic E-state index is 0.301. The molecular weight excluding hydrogens is 494 g/mol. The van der Waals surface area contributed by atoms with Crippen molar-refractivity contribution in [3.63, 3.8) is 0 Å². The summed E-state index contributed by atoms with van der Waals surface area (Å²) in [6.45, 7) is 2.47. The first-order valence-corrected chi connectivity index (χ1v) is 11.5. The van der Waals surface area contributed by atoms with Gasteiger partial charge in [0.05, 0.1) is 29.0 Å². The Morgan fingerprint density at radius 2 is 1.79 bits per heavy atom. The lowest BCUT2D eigenvalue weighted by molar-refractivity contribution is 0.0955. The Bertz CT molecular complexity index is 1300. The number of nitrogens with one attached hydrogen (secondary N) is 1. The molecule has 3 aromatic carbocycles. The fraction of sp³-hybridized carbons (Fsp3) is 0.111. The van der Waals surface area contributed by atoms with Crippen LogP contribution in [-0.4, -0.2) is 23.8 Å². The van der Waals surface area contributed by atoms with Crippen LogP contribution in [0.2, 0.25) is 0 Å². The third kappa shape index (κ3) is 5.55. The minimum Gasteiger partial charge on any atom is -0.493 e. The Morgan fingerprint density at radius 1 is 1.06 bits per heavy atom. The molecule has 1 N–H and O–H groups in total. The smallest absolute Gasteiger partial charge is 0.273 e. The highest BCUT2D eigenvalue weighted by Crippen LogP contribution is 2.36. The van der Waals surface area contributed by atoms with E-state index in [9.17, 15) is 4.79 Å². The summed E-state index contributed by atoms with van der Waals surface area (Å²) in [6.07, 6.45) is 5.34. The molecule has 172 valence electrons. The van der Waals surface area contributed by atoms with Crippen molar-refractivity contribution in [3.8, 4) is 17.2 Å². The van der Waals surface area contributed by atoms with Crippen LogP contribution in [-0.2, 0) is 6.61 Å². The van der Waals surface area contributed by atoms with Crippen LogP contribution in [0, 0.1) is 6.92 Å². The molecule has 1 aromatic heterocycles. The zero-order valence-corrected chi connectivity index (χ0v) is 20.5. The summed E-state index contributed by atoms with van der Waals surface area (Å²) >= 11 is 3.56. The fourth-order valence-corrected chi connectivity index (χ4v) is 3.98. The number of aryl methyl sites for hydroxylation is 1. The zero-order valence-electron chi connectivity index (χ0n) is 18.9. The van der Waals surface area contributed by atoms with Crippen LogP contribution in [0.3, 0.4) is 0 Å². The molecule has 34 heavy (non-hydrogen) atoms. The van der Waals surface area contributed by atoms with Gasteiger partial charge in [-0.2, -0.15) is 5.10 Å². The van der Waals surface area contributed by atoms with E-state index in [1.165, 1.54) is 5.56 Å². The number of amides is 1. The van der Waals surface area contributed by atoms with Gasteiger partial charge >= 0.3 is 0 Å². The van der Waals surface area contributed by atoms with E-state index in [0.29, 0.717) is 23.7 Å². The van der Waals surface area contributed by atoms with Gasteiger partial charge in [-0.1, -0.05) is 42.0 Å². The number of rotatable bonds is 8. The lowest BCUT2D eigenvalue weighted by Gasteiger charge is -2.13. The summed E-state index contributed by atoms with van der Waals surface area (Å²) in [7, 11) is 1.58. The molecule has 1 heterocycles. The van der Waals surface area contributed by atoms with Gasteiger partial charge in [-0.15, -0.1) is 0 Å². The second-order valence-corrected chi connectivity index (χ2v) is 8.47. The molecule has 0 fully saturated rings. The van der Waals surface area contributed by atoms with Gasteiger partial charge in [-0.05, 0) is 70.4 Å². The number of benzene rings is 3. The molecule has 4 aromatic rings. The SMILES string of the molecule is COc1cc(C=NNC(=O)c2ccccc2-n2cccc2)cc(Br)c1OCc1ccc(C)cc1. The van der Waals surface area contributed by atoms with Crippen molar-refractivity contribution in [2.45, 2.75) is 13.5 Å². The van der Waals surface area contributed by atoms with E-state index >= 15 is 0 Å². The third-order valence-electron chi connectivity index (χ3n) is 5.17. The van der Waals surface area contributed by atoms with Crippen molar-refractivity contribution in [1.29, 1.82) is 0 Å². The van der Waals surface area contributed by atoms with Crippen molar-refractivity contribution < 1.29 is 14.3 Å². The van der Waals surface area contributed by atoms with Crippen molar-refractivity contribution in [2.24, 2.45) is 5.10 Å². The van der Waals surface area contributed by atoms with Gasteiger partial charge in [0.1, 0.15) is 6.61 Å². The number of halogens is 1. The van der Waals surface area contributed by atoms with Gasteiger partial charge < -0.3 is 14.0 Å². The molecule has 0 spiro atoms. The maximum absolute atomic E-state index is 12.7. The highest BCUT2D eigenvalue weighted by molar-refractivity contribution is 9.10. The average molecular weight is 518 g/mol. The second-order valence-electron chi connectivity index (χ2n) is 7.61. The number of methoxy groups -OCH3 is 1. The van der Waals surface area contributed by atoms with Gasteiger partial charge in [0.15, 0.2) is 11.5 Å². The summed E-state index contributed by atoms with van der Waals surface area (Å²) in [4.78, 5) is 12.7. The van der Waals surface area contributed by atoms with Gasteiger partial charge in [-0.3, -0.25) is 4.79 Å². The Labute approximate surface area is 207 Å². The summed E-state index contributed by atoms with van der Waals surface area (Å²) in [5.41, 5.74) is 6.91. The van der Waals surface area contributed by atoms with Crippen LogP contribution in [0.25, 0.3) is 5.69 Å². The predicted octanol–water partition coefficient (Wildman–Crippen LogP) is 5.90. The Hall–Kier alpha value is -3.84. The number of hydrazone groups is 1. The van der Waals surface area contributed by atoms with Crippen molar-refractivity contribution in [3.05, 3.63) is 112 Å². The topological polar surface area (TPSA) is 64.8 Å². The molecule has 0 bridgehead atoms. The number of aromatic nitrogens is 1. The third-order valence-corrected chi connectivity index (χ3v) is 5.76. The maximum atomic E-state index is 12.7. The van der Waals surface area contributed by atoms with Crippen molar-refractivity contribution in [1.82, 2.24) is 9.99 Å². The molecule has 0 saturated carbocycles. The largest absolute Gasteiger partial charge is 0.493 e. The molecule has 0 aliphatic rings. The first kappa shape index (κ1) is 23.3. The molecule has 0 saturated heterocycles. The first-order chi connectivity index (χ1) is 16.5. The molecule has 6 nitrogen and oxygen atoms in total. The van der Waals surface area contributed by atoms with E-state index in [1.807, 2.05) is 72.4 Å².